The minimum Gasteiger partial charge on any atom is -0.497 e. The molecule has 6 heteroatoms. The second-order valence-corrected chi connectivity index (χ2v) is 7.47. The Bertz CT molecular complexity index is 831. The summed E-state index contributed by atoms with van der Waals surface area (Å²) in [6.07, 6.45) is 0.00200. The van der Waals surface area contributed by atoms with Crippen molar-refractivity contribution in [3.63, 3.8) is 0 Å². The van der Waals surface area contributed by atoms with Crippen molar-refractivity contribution in [3.8, 4) is 23.0 Å². The Morgan fingerprint density at radius 3 is 2.32 bits per heavy atom. The van der Waals surface area contributed by atoms with Crippen molar-refractivity contribution in [1.29, 1.82) is 0 Å². The summed E-state index contributed by atoms with van der Waals surface area (Å²) in [6, 6.07) is 12.6. The molecule has 0 spiro atoms. The zero-order chi connectivity index (χ0) is 20.3. The van der Waals surface area contributed by atoms with Gasteiger partial charge in [-0.2, -0.15) is 0 Å². The van der Waals surface area contributed by atoms with Crippen LogP contribution in [0.2, 0.25) is 0 Å². The third-order valence-electron chi connectivity index (χ3n) is 4.73. The Morgan fingerprint density at radius 2 is 1.68 bits per heavy atom. The van der Waals surface area contributed by atoms with Crippen LogP contribution in [-0.4, -0.2) is 31.8 Å². The van der Waals surface area contributed by atoms with Gasteiger partial charge in [-0.25, -0.2) is 0 Å². The number of carbonyl (C=O) groups excluding carboxylic acids is 1. The van der Waals surface area contributed by atoms with Crippen molar-refractivity contribution in [2.45, 2.75) is 44.9 Å². The second kappa shape index (κ2) is 8.00. The lowest BCUT2D eigenvalue weighted by Gasteiger charge is -2.38. The van der Waals surface area contributed by atoms with Gasteiger partial charge < -0.3 is 24.3 Å². The van der Waals surface area contributed by atoms with Gasteiger partial charge in [0.25, 0.3) is 5.91 Å². The van der Waals surface area contributed by atoms with Gasteiger partial charge in [0.1, 0.15) is 28.6 Å². The molecule has 150 valence electrons. The second-order valence-electron chi connectivity index (χ2n) is 7.47. The van der Waals surface area contributed by atoms with Gasteiger partial charge in [0.2, 0.25) is 0 Å². The lowest BCUT2D eigenvalue weighted by molar-refractivity contribution is -0.128. The van der Waals surface area contributed by atoms with Crippen LogP contribution in [0, 0.1) is 0 Å². The van der Waals surface area contributed by atoms with E-state index in [0.29, 0.717) is 12.2 Å². The average Bonchev–Trinajstić information content (AvgIpc) is 2.67. The zero-order valence-corrected chi connectivity index (χ0v) is 16.9. The number of benzene rings is 2. The molecule has 1 heterocycles. The van der Waals surface area contributed by atoms with Gasteiger partial charge in [0.05, 0.1) is 20.3 Å². The molecule has 2 atom stereocenters. The fourth-order valence-corrected chi connectivity index (χ4v) is 3.29. The van der Waals surface area contributed by atoms with Crippen LogP contribution in [-0.2, 0) is 4.79 Å². The van der Waals surface area contributed by atoms with E-state index in [1.54, 1.807) is 45.4 Å². The summed E-state index contributed by atoms with van der Waals surface area (Å²) in [6.45, 7) is 5.75. The Balaban J connectivity index is 1.73. The highest BCUT2D eigenvalue weighted by Crippen LogP contribution is 2.41. The molecule has 1 aliphatic heterocycles. The molecule has 2 aromatic carbocycles. The van der Waals surface area contributed by atoms with Crippen molar-refractivity contribution < 1.29 is 23.7 Å². The summed E-state index contributed by atoms with van der Waals surface area (Å²) in [5.74, 6) is 2.64. The molecule has 28 heavy (non-hydrogen) atoms. The van der Waals surface area contributed by atoms with Crippen LogP contribution in [0.5, 0.6) is 23.0 Å². The van der Waals surface area contributed by atoms with Crippen LogP contribution in [0.1, 0.15) is 38.8 Å². The van der Waals surface area contributed by atoms with E-state index in [1.165, 1.54) is 0 Å². The molecule has 0 unspecified atom stereocenters. The van der Waals surface area contributed by atoms with Crippen LogP contribution in [0.25, 0.3) is 0 Å². The molecule has 2 aromatic rings. The molecule has 1 N–H and O–H groups in total. The first-order valence-electron chi connectivity index (χ1n) is 9.29. The van der Waals surface area contributed by atoms with E-state index in [2.05, 4.69) is 5.32 Å². The van der Waals surface area contributed by atoms with Crippen LogP contribution in [0.4, 0.5) is 0 Å². The summed E-state index contributed by atoms with van der Waals surface area (Å²) in [5, 5.41) is 3.10. The van der Waals surface area contributed by atoms with Crippen LogP contribution in [0.3, 0.4) is 0 Å². The molecule has 0 aromatic heterocycles. The lowest BCUT2D eigenvalue weighted by Crippen LogP contribution is -2.44. The minimum atomic E-state index is -0.645. The van der Waals surface area contributed by atoms with Crippen LogP contribution >= 0.6 is 0 Å². The molecule has 6 nitrogen and oxygen atoms in total. The first-order chi connectivity index (χ1) is 13.3. The van der Waals surface area contributed by atoms with Crippen molar-refractivity contribution in [2.24, 2.45) is 0 Å². The van der Waals surface area contributed by atoms with Gasteiger partial charge in [0, 0.05) is 12.0 Å². The number of nitrogens with one attached hydrogen (secondary N) is 1. The monoisotopic (exact) mass is 385 g/mol. The Labute approximate surface area is 165 Å². The number of amides is 1. The molecule has 0 fully saturated rings. The molecule has 0 saturated carbocycles. The molecule has 0 aliphatic carbocycles. The quantitative estimate of drug-likeness (QED) is 0.817. The van der Waals surface area contributed by atoms with Crippen molar-refractivity contribution in [1.82, 2.24) is 5.32 Å². The van der Waals surface area contributed by atoms with E-state index < -0.39 is 6.10 Å². The first-order valence-corrected chi connectivity index (χ1v) is 9.29. The van der Waals surface area contributed by atoms with Gasteiger partial charge in [-0.1, -0.05) is 0 Å². The Kier molecular flexibility index (Phi) is 5.68. The van der Waals surface area contributed by atoms with E-state index in [1.807, 2.05) is 32.0 Å². The molecular formula is C22H27NO5. The molecular weight excluding hydrogens is 358 g/mol. The third-order valence-corrected chi connectivity index (χ3v) is 4.73. The summed E-state index contributed by atoms with van der Waals surface area (Å²) >= 11 is 0. The molecule has 1 aliphatic rings. The number of ether oxygens (including phenoxy) is 4. The summed E-state index contributed by atoms with van der Waals surface area (Å²) in [5.41, 5.74) is 0.517. The topological polar surface area (TPSA) is 66.0 Å². The maximum atomic E-state index is 12.8. The van der Waals surface area contributed by atoms with E-state index in [4.69, 9.17) is 18.9 Å². The molecule has 0 saturated heterocycles. The number of fused-ring (bicyclic) bond motifs is 1. The van der Waals surface area contributed by atoms with Crippen LogP contribution < -0.4 is 24.3 Å². The van der Waals surface area contributed by atoms with E-state index >= 15 is 0 Å². The number of hydrogen-bond acceptors (Lipinski definition) is 5. The molecule has 3 rings (SSSR count). The normalized spacial score (nSPS) is 18.2. The number of rotatable bonds is 6. The molecule has 1 amide bonds. The zero-order valence-electron chi connectivity index (χ0n) is 16.9. The highest BCUT2D eigenvalue weighted by atomic mass is 16.5. The standard InChI is InChI=1S/C22H27NO5/c1-14(27-16-8-6-15(25-4)7-9-16)21(24)23-19-13-22(2,3)28-20-11-10-17(26-5)12-18(19)20/h6-12,14,19H,13H2,1-5H3,(H,23,24)/t14-,19-/m1/s1. The molecule has 0 bridgehead atoms. The van der Waals surface area contributed by atoms with E-state index in [0.717, 1.165) is 22.8 Å². The number of hydrogen-bond donors (Lipinski definition) is 1. The van der Waals surface area contributed by atoms with Crippen LogP contribution in [0.15, 0.2) is 42.5 Å². The van der Waals surface area contributed by atoms with Gasteiger partial charge in [-0.15, -0.1) is 0 Å². The predicted molar refractivity (Wildman–Crippen MR) is 106 cm³/mol. The van der Waals surface area contributed by atoms with Gasteiger partial charge in [0.15, 0.2) is 6.10 Å². The lowest BCUT2D eigenvalue weighted by atomic mass is 9.89. The third kappa shape index (κ3) is 4.50. The highest BCUT2D eigenvalue weighted by molar-refractivity contribution is 5.81. The van der Waals surface area contributed by atoms with Crippen molar-refractivity contribution >= 4 is 5.91 Å². The van der Waals surface area contributed by atoms with Gasteiger partial charge in [-0.3, -0.25) is 4.79 Å². The first kappa shape index (κ1) is 19.9. The number of methoxy groups -OCH3 is 2. The van der Waals surface area contributed by atoms with E-state index in [-0.39, 0.29) is 17.6 Å². The largest absolute Gasteiger partial charge is 0.497 e. The van der Waals surface area contributed by atoms with Gasteiger partial charge in [-0.05, 0) is 63.2 Å². The predicted octanol–water partition coefficient (Wildman–Crippen LogP) is 3.89. The highest BCUT2D eigenvalue weighted by Gasteiger charge is 2.35. The molecule has 0 radical (unpaired) electrons. The smallest absolute Gasteiger partial charge is 0.261 e. The summed E-state index contributed by atoms with van der Waals surface area (Å²) < 4.78 is 22.3. The van der Waals surface area contributed by atoms with E-state index in [9.17, 15) is 4.79 Å². The summed E-state index contributed by atoms with van der Waals surface area (Å²) in [7, 11) is 3.22. The fourth-order valence-electron chi connectivity index (χ4n) is 3.29. The number of carbonyl (C=O) groups is 1. The van der Waals surface area contributed by atoms with Crippen molar-refractivity contribution in [3.05, 3.63) is 48.0 Å². The maximum Gasteiger partial charge on any atom is 0.261 e. The fraction of sp³-hybridized carbons (Fsp3) is 0.409. The summed E-state index contributed by atoms with van der Waals surface area (Å²) in [4.78, 5) is 12.8. The Hall–Kier alpha value is -2.89. The Morgan fingerprint density at radius 1 is 1.07 bits per heavy atom. The average molecular weight is 385 g/mol. The minimum absolute atomic E-state index is 0.188. The SMILES string of the molecule is COc1ccc(O[C@H](C)C(=O)N[C@@H]2CC(C)(C)Oc3ccc(OC)cc32)cc1. The maximum absolute atomic E-state index is 12.8. The van der Waals surface area contributed by atoms with Crippen molar-refractivity contribution in [2.75, 3.05) is 14.2 Å². The van der Waals surface area contributed by atoms with Gasteiger partial charge >= 0.3 is 0 Å².